The summed E-state index contributed by atoms with van der Waals surface area (Å²) in [4.78, 5) is 7.60. The van der Waals surface area contributed by atoms with Gasteiger partial charge >= 0.3 is 0 Å². The molecule has 4 heteroatoms. The number of imidazole rings is 1. The van der Waals surface area contributed by atoms with Gasteiger partial charge in [0.2, 0.25) is 0 Å². The van der Waals surface area contributed by atoms with Gasteiger partial charge in [-0.3, -0.25) is 4.90 Å². The number of aromatic nitrogens is 2. The van der Waals surface area contributed by atoms with Crippen LogP contribution < -0.4 is 5.32 Å². The van der Waals surface area contributed by atoms with Gasteiger partial charge in [0.25, 0.3) is 0 Å². The van der Waals surface area contributed by atoms with Gasteiger partial charge < -0.3 is 9.88 Å². The summed E-state index contributed by atoms with van der Waals surface area (Å²) < 4.78 is 2.29. The van der Waals surface area contributed by atoms with E-state index in [0.29, 0.717) is 6.04 Å². The lowest BCUT2D eigenvalue weighted by atomic mass is 10.0. The molecule has 0 bridgehead atoms. The SMILES string of the molecule is CCNC1CCN(Cc2cn(CC)c(-c3cccc4ccccc34)n2)CC1. The Kier molecular flexibility index (Phi) is 5.55. The van der Waals surface area contributed by atoms with Gasteiger partial charge in [0, 0.05) is 44.0 Å². The zero-order chi connectivity index (χ0) is 18.6. The molecule has 4 rings (SSSR count). The Morgan fingerprint density at radius 2 is 1.81 bits per heavy atom. The first-order valence-corrected chi connectivity index (χ1v) is 10.3. The van der Waals surface area contributed by atoms with Crippen LogP contribution in [0.2, 0.25) is 0 Å². The molecule has 1 N–H and O–H groups in total. The molecule has 0 aliphatic carbocycles. The fraction of sp³-hybridized carbons (Fsp3) is 0.435. The molecule has 1 saturated heterocycles. The summed E-state index contributed by atoms with van der Waals surface area (Å²) in [6.07, 6.45) is 4.71. The van der Waals surface area contributed by atoms with E-state index in [1.54, 1.807) is 0 Å². The van der Waals surface area contributed by atoms with E-state index in [9.17, 15) is 0 Å². The van der Waals surface area contributed by atoms with Gasteiger partial charge in [-0.05, 0) is 37.1 Å². The highest BCUT2D eigenvalue weighted by Crippen LogP contribution is 2.28. The number of piperidine rings is 1. The molecule has 0 spiro atoms. The summed E-state index contributed by atoms with van der Waals surface area (Å²) in [6.45, 7) is 9.65. The molecular weight excluding hydrogens is 332 g/mol. The first-order valence-electron chi connectivity index (χ1n) is 10.3. The Balaban J connectivity index is 1.56. The maximum Gasteiger partial charge on any atom is 0.140 e. The van der Waals surface area contributed by atoms with E-state index < -0.39 is 0 Å². The van der Waals surface area contributed by atoms with Gasteiger partial charge in [-0.2, -0.15) is 0 Å². The lowest BCUT2D eigenvalue weighted by Gasteiger charge is -2.31. The fourth-order valence-corrected chi connectivity index (χ4v) is 4.24. The molecule has 1 aliphatic heterocycles. The van der Waals surface area contributed by atoms with Crippen LogP contribution in [0.25, 0.3) is 22.2 Å². The minimum absolute atomic E-state index is 0.686. The topological polar surface area (TPSA) is 33.1 Å². The molecule has 2 heterocycles. The van der Waals surface area contributed by atoms with Crippen LogP contribution in [0.4, 0.5) is 0 Å². The molecule has 0 unspecified atom stereocenters. The van der Waals surface area contributed by atoms with E-state index in [2.05, 4.69) is 77.3 Å². The van der Waals surface area contributed by atoms with Crippen molar-refractivity contribution in [2.45, 2.75) is 45.8 Å². The van der Waals surface area contributed by atoms with Gasteiger partial charge in [-0.25, -0.2) is 4.98 Å². The van der Waals surface area contributed by atoms with Gasteiger partial charge in [-0.1, -0.05) is 49.4 Å². The molecule has 1 aliphatic rings. The van der Waals surface area contributed by atoms with E-state index in [1.807, 2.05) is 0 Å². The van der Waals surface area contributed by atoms with Crippen molar-refractivity contribution in [1.82, 2.24) is 19.8 Å². The maximum atomic E-state index is 5.06. The second-order valence-electron chi connectivity index (χ2n) is 7.48. The summed E-state index contributed by atoms with van der Waals surface area (Å²) in [5.41, 5.74) is 2.41. The molecule has 142 valence electrons. The number of aryl methyl sites for hydroxylation is 1. The third-order valence-corrected chi connectivity index (χ3v) is 5.66. The van der Waals surface area contributed by atoms with E-state index in [0.717, 1.165) is 38.5 Å². The van der Waals surface area contributed by atoms with Crippen LogP contribution >= 0.6 is 0 Å². The predicted molar refractivity (Wildman–Crippen MR) is 113 cm³/mol. The highest BCUT2D eigenvalue weighted by Gasteiger charge is 2.20. The molecule has 1 fully saturated rings. The van der Waals surface area contributed by atoms with Crippen LogP contribution in [0.1, 0.15) is 32.4 Å². The second-order valence-corrected chi connectivity index (χ2v) is 7.48. The minimum atomic E-state index is 0.686. The average molecular weight is 363 g/mol. The highest BCUT2D eigenvalue weighted by molar-refractivity contribution is 5.95. The van der Waals surface area contributed by atoms with Gasteiger partial charge in [-0.15, -0.1) is 0 Å². The quantitative estimate of drug-likeness (QED) is 0.710. The van der Waals surface area contributed by atoms with Crippen molar-refractivity contribution >= 4 is 10.8 Å². The molecular formula is C23H30N4. The first kappa shape index (κ1) is 18.2. The van der Waals surface area contributed by atoms with Crippen molar-refractivity contribution in [3.8, 4) is 11.4 Å². The van der Waals surface area contributed by atoms with Crippen LogP contribution in [-0.4, -0.2) is 40.1 Å². The van der Waals surface area contributed by atoms with Crippen molar-refractivity contribution in [3.63, 3.8) is 0 Å². The molecule has 0 radical (unpaired) electrons. The minimum Gasteiger partial charge on any atom is -0.331 e. The Hall–Kier alpha value is -2.17. The number of hydrogen-bond donors (Lipinski definition) is 1. The highest BCUT2D eigenvalue weighted by atomic mass is 15.2. The third-order valence-electron chi connectivity index (χ3n) is 5.66. The Bertz CT molecular complexity index is 885. The number of likely N-dealkylation sites (tertiary alicyclic amines) is 1. The number of nitrogens with zero attached hydrogens (tertiary/aromatic N) is 3. The number of rotatable bonds is 6. The summed E-state index contributed by atoms with van der Waals surface area (Å²) in [5.74, 6) is 1.09. The molecule has 1 aromatic heterocycles. The first-order chi connectivity index (χ1) is 13.3. The van der Waals surface area contributed by atoms with Crippen molar-refractivity contribution < 1.29 is 0 Å². The number of fused-ring (bicyclic) bond motifs is 1. The van der Waals surface area contributed by atoms with Crippen LogP contribution in [0.3, 0.4) is 0 Å². The van der Waals surface area contributed by atoms with Crippen LogP contribution in [0, 0.1) is 0 Å². The predicted octanol–water partition coefficient (Wildman–Crippen LogP) is 4.30. The number of hydrogen-bond acceptors (Lipinski definition) is 3. The third kappa shape index (κ3) is 3.92. The van der Waals surface area contributed by atoms with Gasteiger partial charge in [0.1, 0.15) is 5.82 Å². The van der Waals surface area contributed by atoms with E-state index in [4.69, 9.17) is 4.98 Å². The maximum absolute atomic E-state index is 5.06. The van der Waals surface area contributed by atoms with Crippen LogP contribution in [0.15, 0.2) is 48.7 Å². The molecule has 3 aromatic rings. The molecule has 2 aromatic carbocycles. The zero-order valence-electron chi connectivity index (χ0n) is 16.5. The average Bonchev–Trinajstić information content (AvgIpc) is 3.12. The van der Waals surface area contributed by atoms with Crippen LogP contribution in [-0.2, 0) is 13.1 Å². The summed E-state index contributed by atoms with van der Waals surface area (Å²) in [6, 6.07) is 15.8. The monoisotopic (exact) mass is 362 g/mol. The normalized spacial score (nSPS) is 16.2. The lowest BCUT2D eigenvalue weighted by Crippen LogP contribution is -2.42. The van der Waals surface area contributed by atoms with Crippen molar-refractivity contribution in [2.24, 2.45) is 0 Å². The molecule has 0 saturated carbocycles. The molecule has 0 amide bonds. The number of nitrogens with one attached hydrogen (secondary N) is 1. The van der Waals surface area contributed by atoms with E-state index in [-0.39, 0.29) is 0 Å². The van der Waals surface area contributed by atoms with Gasteiger partial charge in [0.15, 0.2) is 0 Å². The second kappa shape index (κ2) is 8.24. The van der Waals surface area contributed by atoms with Gasteiger partial charge in [0.05, 0.1) is 5.69 Å². The Labute approximate surface area is 162 Å². The molecule has 27 heavy (non-hydrogen) atoms. The van der Waals surface area contributed by atoms with E-state index in [1.165, 1.54) is 34.9 Å². The summed E-state index contributed by atoms with van der Waals surface area (Å²) in [5, 5.41) is 6.13. The largest absolute Gasteiger partial charge is 0.331 e. The van der Waals surface area contributed by atoms with Crippen molar-refractivity contribution in [3.05, 3.63) is 54.4 Å². The lowest BCUT2D eigenvalue weighted by molar-refractivity contribution is 0.190. The van der Waals surface area contributed by atoms with Crippen molar-refractivity contribution in [2.75, 3.05) is 19.6 Å². The summed E-state index contributed by atoms with van der Waals surface area (Å²) in [7, 11) is 0. The van der Waals surface area contributed by atoms with E-state index >= 15 is 0 Å². The Morgan fingerprint density at radius 1 is 1.04 bits per heavy atom. The standard InChI is InChI=1S/C23H30N4/c1-3-24-19-12-14-26(15-13-19)16-20-17-27(4-2)23(25-20)22-11-7-9-18-8-5-6-10-21(18)22/h5-11,17,19,24H,3-4,12-16H2,1-2H3. The Morgan fingerprint density at radius 3 is 2.59 bits per heavy atom. The molecule has 4 nitrogen and oxygen atoms in total. The number of benzene rings is 2. The molecule has 0 atom stereocenters. The smallest absolute Gasteiger partial charge is 0.140 e. The summed E-state index contributed by atoms with van der Waals surface area (Å²) >= 11 is 0. The fourth-order valence-electron chi connectivity index (χ4n) is 4.24. The van der Waals surface area contributed by atoms with Crippen molar-refractivity contribution in [1.29, 1.82) is 0 Å². The van der Waals surface area contributed by atoms with Crippen LogP contribution in [0.5, 0.6) is 0 Å². The zero-order valence-corrected chi connectivity index (χ0v) is 16.5.